The number of nitrogens with two attached hydrogens (primary N) is 1. The number of urea groups is 1. The zero-order valence-electron chi connectivity index (χ0n) is 13.7. The van der Waals surface area contributed by atoms with E-state index in [-0.39, 0.29) is 12.4 Å². The van der Waals surface area contributed by atoms with E-state index >= 15 is 0 Å². The van der Waals surface area contributed by atoms with E-state index in [4.69, 9.17) is 5.73 Å². The van der Waals surface area contributed by atoms with Crippen LogP contribution in [-0.4, -0.2) is 48.3 Å². The molecule has 0 saturated carbocycles. The Labute approximate surface area is 153 Å². The van der Waals surface area contributed by atoms with Crippen LogP contribution in [-0.2, 0) is 15.1 Å². The molecule has 1 saturated heterocycles. The van der Waals surface area contributed by atoms with Crippen molar-refractivity contribution in [2.45, 2.75) is 18.4 Å². The number of carbonyl (C=O) groups excluding carboxylic acids is 3. The molecule has 1 aromatic carbocycles. The average molecular weight is 395 g/mol. The van der Waals surface area contributed by atoms with Crippen molar-refractivity contribution in [3.8, 4) is 0 Å². The van der Waals surface area contributed by atoms with Gasteiger partial charge in [0.05, 0.1) is 13.1 Å². The number of benzene rings is 1. The van der Waals surface area contributed by atoms with Crippen LogP contribution < -0.4 is 16.4 Å². The highest BCUT2D eigenvalue weighted by molar-refractivity contribution is 6.09. The molecule has 1 aliphatic rings. The number of hydrogen-bond acceptors (Lipinski definition) is 4. The Kier molecular flexibility index (Phi) is 6.61. The molecule has 0 aromatic heterocycles. The smallest absolute Gasteiger partial charge is 0.325 e. The van der Waals surface area contributed by atoms with Gasteiger partial charge in [-0.3, -0.25) is 14.5 Å². The van der Waals surface area contributed by atoms with Crippen LogP contribution >= 0.6 is 12.4 Å². The summed E-state index contributed by atoms with van der Waals surface area (Å²) in [6.45, 7) is -1.26. The second-order valence-corrected chi connectivity index (χ2v) is 5.79. The number of hydrogen-bond donors (Lipinski definition) is 3. The van der Waals surface area contributed by atoms with E-state index in [2.05, 4.69) is 5.32 Å². The highest BCUT2D eigenvalue weighted by Gasteiger charge is 2.49. The van der Waals surface area contributed by atoms with Crippen molar-refractivity contribution in [3.05, 3.63) is 35.6 Å². The molecule has 1 atom stereocenters. The summed E-state index contributed by atoms with van der Waals surface area (Å²) in [7, 11) is 0. The molecule has 7 nitrogen and oxygen atoms in total. The van der Waals surface area contributed by atoms with Crippen LogP contribution in [0.5, 0.6) is 0 Å². The fourth-order valence-corrected chi connectivity index (χ4v) is 2.32. The highest BCUT2D eigenvalue weighted by atomic mass is 35.5. The molecule has 1 aliphatic heterocycles. The summed E-state index contributed by atoms with van der Waals surface area (Å²) in [6, 6.07) is 4.07. The first-order valence-corrected chi connectivity index (χ1v) is 7.34. The van der Waals surface area contributed by atoms with Crippen molar-refractivity contribution in [2.24, 2.45) is 5.73 Å². The third kappa shape index (κ3) is 4.44. The fourth-order valence-electron chi connectivity index (χ4n) is 2.32. The Morgan fingerprint density at radius 1 is 1.31 bits per heavy atom. The molecule has 4 amide bonds. The number of imide groups is 1. The van der Waals surface area contributed by atoms with Gasteiger partial charge in [-0.1, -0.05) is 12.1 Å². The number of nitrogens with one attached hydrogen (secondary N) is 2. The van der Waals surface area contributed by atoms with Gasteiger partial charge in [-0.2, -0.15) is 0 Å². The number of nitrogens with zero attached hydrogens (tertiary/aromatic N) is 1. The molecule has 144 valence electrons. The molecule has 1 fully saturated rings. The van der Waals surface area contributed by atoms with Crippen LogP contribution in [0.2, 0.25) is 0 Å². The zero-order chi connectivity index (χ0) is 18.8. The molecule has 0 radical (unpaired) electrons. The van der Waals surface area contributed by atoms with Gasteiger partial charge < -0.3 is 16.4 Å². The van der Waals surface area contributed by atoms with E-state index in [0.717, 1.165) is 12.1 Å². The summed E-state index contributed by atoms with van der Waals surface area (Å²) < 4.78 is 39.1. The largest absolute Gasteiger partial charge is 0.348 e. The van der Waals surface area contributed by atoms with Gasteiger partial charge in [-0.05, 0) is 24.6 Å². The Balaban J connectivity index is 0.00000338. The van der Waals surface area contributed by atoms with Crippen LogP contribution in [0.1, 0.15) is 12.5 Å². The Morgan fingerprint density at radius 2 is 1.88 bits per heavy atom. The minimum absolute atomic E-state index is 0. The van der Waals surface area contributed by atoms with E-state index in [1.165, 1.54) is 19.1 Å². The molecule has 1 aromatic rings. The lowest BCUT2D eigenvalue weighted by atomic mass is 9.92. The van der Waals surface area contributed by atoms with Gasteiger partial charge in [0.15, 0.2) is 0 Å². The lowest BCUT2D eigenvalue weighted by Gasteiger charge is -2.22. The van der Waals surface area contributed by atoms with Gasteiger partial charge in [0.25, 0.3) is 11.8 Å². The van der Waals surface area contributed by atoms with E-state index in [1.807, 2.05) is 5.32 Å². The van der Waals surface area contributed by atoms with Gasteiger partial charge in [-0.25, -0.2) is 18.0 Å². The Morgan fingerprint density at radius 3 is 2.42 bits per heavy atom. The monoisotopic (exact) mass is 394 g/mol. The van der Waals surface area contributed by atoms with Crippen molar-refractivity contribution in [1.29, 1.82) is 0 Å². The quantitative estimate of drug-likeness (QED) is 0.618. The third-order valence-electron chi connectivity index (χ3n) is 3.84. The maximum absolute atomic E-state index is 13.0. The second-order valence-electron chi connectivity index (χ2n) is 5.79. The number of carbonyl (C=O) groups is 3. The molecular weight excluding hydrogens is 377 g/mol. The van der Waals surface area contributed by atoms with Gasteiger partial charge in [-0.15, -0.1) is 12.4 Å². The molecule has 1 heterocycles. The molecule has 4 N–H and O–H groups in total. The minimum Gasteiger partial charge on any atom is -0.348 e. The van der Waals surface area contributed by atoms with Crippen molar-refractivity contribution < 1.29 is 27.6 Å². The van der Waals surface area contributed by atoms with Crippen molar-refractivity contribution in [1.82, 2.24) is 15.5 Å². The lowest BCUT2D eigenvalue weighted by Crippen LogP contribution is -2.47. The Hall–Kier alpha value is -2.33. The predicted molar refractivity (Wildman–Crippen MR) is 88.3 cm³/mol. The molecule has 0 spiro atoms. The first kappa shape index (κ1) is 21.7. The van der Waals surface area contributed by atoms with Gasteiger partial charge in [0.2, 0.25) is 5.91 Å². The van der Waals surface area contributed by atoms with Crippen LogP contribution in [0.25, 0.3) is 0 Å². The highest BCUT2D eigenvalue weighted by Crippen LogP contribution is 2.28. The summed E-state index contributed by atoms with van der Waals surface area (Å²) >= 11 is 0. The van der Waals surface area contributed by atoms with Gasteiger partial charge in [0, 0.05) is 0 Å². The minimum atomic E-state index is -3.28. The maximum atomic E-state index is 13.0. The summed E-state index contributed by atoms with van der Waals surface area (Å²) in [5.74, 6) is -5.47. The summed E-state index contributed by atoms with van der Waals surface area (Å²) in [4.78, 5) is 36.9. The average Bonchev–Trinajstić information content (AvgIpc) is 2.78. The maximum Gasteiger partial charge on any atom is 0.325 e. The Bertz CT molecular complexity index is 702. The zero-order valence-corrected chi connectivity index (χ0v) is 14.5. The first-order chi connectivity index (χ1) is 11.6. The summed E-state index contributed by atoms with van der Waals surface area (Å²) in [5, 5.41) is 4.35. The standard InChI is InChI=1S/C15H17F3N4O3.ClH/c1-14(9-2-4-10(16)5-3-9)12(24)22(13(25)21-14)6-11(23)20-8-15(17,18)7-19;/h2-5H,6-8,19H2,1H3,(H,20,23)(H,21,25);1H. The SMILES string of the molecule is CC1(c2ccc(F)cc2)NC(=O)N(CC(=O)NCC(F)(F)CN)C1=O.Cl. The van der Waals surface area contributed by atoms with Crippen LogP contribution in [0.3, 0.4) is 0 Å². The predicted octanol–water partition coefficient (Wildman–Crippen LogP) is 0.725. The van der Waals surface area contributed by atoms with E-state index in [0.29, 0.717) is 10.5 Å². The van der Waals surface area contributed by atoms with Crippen molar-refractivity contribution >= 4 is 30.3 Å². The topological polar surface area (TPSA) is 105 Å². The lowest BCUT2D eigenvalue weighted by molar-refractivity contribution is -0.135. The summed E-state index contributed by atoms with van der Waals surface area (Å²) in [5.41, 5.74) is 3.70. The fraction of sp³-hybridized carbons (Fsp3) is 0.400. The molecule has 11 heteroatoms. The number of alkyl halides is 2. The second kappa shape index (κ2) is 7.92. The number of rotatable bonds is 6. The van der Waals surface area contributed by atoms with Crippen molar-refractivity contribution in [3.63, 3.8) is 0 Å². The number of amides is 4. The first-order valence-electron chi connectivity index (χ1n) is 7.34. The molecule has 26 heavy (non-hydrogen) atoms. The van der Waals surface area contributed by atoms with Crippen LogP contribution in [0.15, 0.2) is 24.3 Å². The van der Waals surface area contributed by atoms with Crippen molar-refractivity contribution in [2.75, 3.05) is 19.6 Å². The normalized spacial score (nSPS) is 19.8. The third-order valence-corrected chi connectivity index (χ3v) is 3.84. The van der Waals surface area contributed by atoms with Crippen LogP contribution in [0, 0.1) is 5.82 Å². The van der Waals surface area contributed by atoms with E-state index in [9.17, 15) is 27.6 Å². The molecule has 1 unspecified atom stereocenters. The molecule has 2 rings (SSSR count). The molecular formula is C15H18ClF3N4O3. The molecule has 0 bridgehead atoms. The van der Waals surface area contributed by atoms with Gasteiger partial charge in [0.1, 0.15) is 17.9 Å². The summed E-state index contributed by atoms with van der Waals surface area (Å²) in [6.07, 6.45) is 0. The van der Waals surface area contributed by atoms with E-state index < -0.39 is 54.8 Å². The van der Waals surface area contributed by atoms with Gasteiger partial charge >= 0.3 is 6.03 Å². The van der Waals surface area contributed by atoms with E-state index in [1.54, 1.807) is 0 Å². The molecule has 0 aliphatic carbocycles. The number of halogens is 4. The van der Waals surface area contributed by atoms with Crippen LogP contribution in [0.4, 0.5) is 18.0 Å².